The Kier molecular flexibility index (Phi) is 8.62. The number of amides is 2. The van der Waals surface area contributed by atoms with Gasteiger partial charge in [-0.15, -0.1) is 11.3 Å². The van der Waals surface area contributed by atoms with Gasteiger partial charge in [0.25, 0.3) is 11.8 Å². The molecule has 1 aliphatic heterocycles. The van der Waals surface area contributed by atoms with E-state index >= 15 is 0 Å². The molecular formula is C25H29F7N4O3S. The van der Waals surface area contributed by atoms with Crippen molar-refractivity contribution in [3.8, 4) is 10.4 Å². The number of pyridine rings is 1. The maximum absolute atomic E-state index is 13.9. The Morgan fingerprint density at radius 3 is 2.25 bits per heavy atom. The molecule has 0 saturated carbocycles. The summed E-state index contributed by atoms with van der Waals surface area (Å²) in [6.45, 7) is 5.64. The Labute approximate surface area is 229 Å². The predicted octanol–water partition coefficient (Wildman–Crippen LogP) is 5.36. The van der Waals surface area contributed by atoms with E-state index in [0.29, 0.717) is 17.4 Å². The van der Waals surface area contributed by atoms with E-state index in [1.807, 2.05) is 0 Å². The van der Waals surface area contributed by atoms with Gasteiger partial charge >= 0.3 is 12.4 Å². The molecule has 2 N–H and O–H groups in total. The fourth-order valence-electron chi connectivity index (χ4n) is 4.19. The summed E-state index contributed by atoms with van der Waals surface area (Å²) in [5.41, 5.74) is -7.15. The molecular weight excluding hydrogens is 569 g/mol. The number of carbonyl (C=O) groups excluding carboxylic acids is 2. The van der Waals surface area contributed by atoms with Gasteiger partial charge < -0.3 is 15.3 Å². The summed E-state index contributed by atoms with van der Waals surface area (Å²) in [6, 6.07) is 0.120. The number of halogens is 7. The zero-order valence-corrected chi connectivity index (χ0v) is 23.1. The number of nitrogens with zero attached hydrogens (tertiary/aromatic N) is 3. The molecule has 0 radical (unpaired) electrons. The normalized spacial score (nSPS) is 19.1. The first-order valence-corrected chi connectivity index (χ1v) is 13.1. The minimum atomic E-state index is -5.71. The van der Waals surface area contributed by atoms with Gasteiger partial charge in [-0.05, 0) is 59.1 Å². The number of hydrogen-bond acceptors (Lipinski definition) is 6. The number of piperidine rings is 1. The van der Waals surface area contributed by atoms with Crippen molar-refractivity contribution in [1.29, 1.82) is 0 Å². The maximum Gasteiger partial charge on any atom is 0.408 e. The van der Waals surface area contributed by atoms with Crippen molar-refractivity contribution in [1.82, 2.24) is 20.2 Å². The van der Waals surface area contributed by atoms with Crippen LogP contribution in [0.3, 0.4) is 0 Å². The van der Waals surface area contributed by atoms with E-state index in [1.165, 1.54) is 25.7 Å². The summed E-state index contributed by atoms with van der Waals surface area (Å²) in [7, 11) is 0. The van der Waals surface area contributed by atoms with Crippen LogP contribution < -0.4 is 5.32 Å². The quantitative estimate of drug-likeness (QED) is 0.437. The molecule has 1 fully saturated rings. The van der Waals surface area contributed by atoms with Gasteiger partial charge in [0.15, 0.2) is 10.4 Å². The number of likely N-dealkylation sites (tertiary alicyclic amines) is 1. The van der Waals surface area contributed by atoms with Gasteiger partial charge in [0.05, 0.1) is 16.2 Å². The van der Waals surface area contributed by atoms with E-state index in [1.54, 1.807) is 6.92 Å². The van der Waals surface area contributed by atoms with Crippen LogP contribution in [-0.2, 0) is 5.41 Å². The molecule has 2 aromatic rings. The lowest BCUT2D eigenvalue weighted by molar-refractivity contribution is -0.298. The lowest BCUT2D eigenvalue weighted by Gasteiger charge is -2.35. The third-order valence-electron chi connectivity index (χ3n) is 6.78. The van der Waals surface area contributed by atoms with Crippen molar-refractivity contribution < 1.29 is 45.4 Å². The molecule has 2 amide bonds. The monoisotopic (exact) mass is 598 g/mol. The van der Waals surface area contributed by atoms with Crippen molar-refractivity contribution in [2.24, 2.45) is 0 Å². The molecule has 3 heterocycles. The summed E-state index contributed by atoms with van der Waals surface area (Å²) in [4.78, 5) is 35.3. The zero-order valence-electron chi connectivity index (χ0n) is 22.3. The highest BCUT2D eigenvalue weighted by Gasteiger charge is 2.69. The maximum atomic E-state index is 13.9. The predicted molar refractivity (Wildman–Crippen MR) is 133 cm³/mol. The van der Waals surface area contributed by atoms with Gasteiger partial charge in [-0.25, -0.2) is 9.37 Å². The van der Waals surface area contributed by atoms with Gasteiger partial charge in [0.1, 0.15) is 11.9 Å². The summed E-state index contributed by atoms with van der Waals surface area (Å²) >= 11 is 0.693. The van der Waals surface area contributed by atoms with Crippen LogP contribution in [0.4, 0.5) is 30.7 Å². The number of aromatic nitrogens is 2. The van der Waals surface area contributed by atoms with Gasteiger partial charge in [-0.2, -0.15) is 26.3 Å². The van der Waals surface area contributed by atoms with Crippen LogP contribution in [0.2, 0.25) is 0 Å². The summed E-state index contributed by atoms with van der Waals surface area (Å²) in [5, 5.41) is 12.1. The fourth-order valence-corrected chi connectivity index (χ4v) is 5.24. The van der Waals surface area contributed by atoms with Crippen LogP contribution in [-0.4, -0.2) is 75.0 Å². The zero-order chi connectivity index (χ0) is 30.4. The van der Waals surface area contributed by atoms with Crippen LogP contribution in [0.1, 0.15) is 72.1 Å². The van der Waals surface area contributed by atoms with Crippen LogP contribution in [0.15, 0.2) is 12.3 Å². The lowest BCUT2D eigenvalue weighted by atomic mass is 9.83. The molecule has 2 atom stereocenters. The van der Waals surface area contributed by atoms with E-state index in [9.17, 15) is 45.4 Å². The van der Waals surface area contributed by atoms with Crippen molar-refractivity contribution >= 4 is 23.2 Å². The first kappa shape index (κ1) is 31.7. The number of alkyl halides is 7. The first-order valence-electron chi connectivity index (χ1n) is 12.2. The van der Waals surface area contributed by atoms with Crippen molar-refractivity contribution in [2.45, 2.75) is 83.0 Å². The smallest absolute Gasteiger partial charge is 0.389 e. The third-order valence-corrected chi connectivity index (χ3v) is 7.87. The molecule has 1 aliphatic rings. The average Bonchev–Trinajstić information content (AvgIpc) is 3.25. The molecule has 40 heavy (non-hydrogen) atoms. The molecule has 15 heteroatoms. The van der Waals surface area contributed by atoms with E-state index in [0.717, 1.165) is 6.20 Å². The van der Waals surface area contributed by atoms with E-state index in [2.05, 4.69) is 15.3 Å². The van der Waals surface area contributed by atoms with Gasteiger partial charge in [-0.3, -0.25) is 14.6 Å². The SMILES string of the molecule is Cc1cc(C(C)(C(F)(F)F)C(F)(F)F)ncc1-c1sc(C(=O)NCC(C)(C)O)nc1C(=O)N1CCC(F)C[C@H]1C. The van der Waals surface area contributed by atoms with Gasteiger partial charge in [-0.1, -0.05) is 0 Å². The van der Waals surface area contributed by atoms with Crippen LogP contribution in [0, 0.1) is 6.92 Å². The standard InChI is InChI=1S/C25H29F7N4O3S/c1-12-8-16(23(5,24(27,28)29)25(30,31)32)33-10-15(12)18-17(21(38)36-7-6-14(26)9-13(36)2)35-20(40-18)19(37)34-11-22(3,4)39/h8,10,13-14,39H,6-7,9,11H2,1-5H3,(H,34,37)/t13-,14?/m1/s1. The Morgan fingerprint density at radius 1 is 1.15 bits per heavy atom. The Morgan fingerprint density at radius 2 is 1.75 bits per heavy atom. The molecule has 3 rings (SSSR count). The minimum absolute atomic E-state index is 0.00290. The second kappa shape index (κ2) is 10.9. The Bertz CT molecular complexity index is 1260. The number of carbonyl (C=O) groups is 2. The van der Waals surface area contributed by atoms with Crippen LogP contribution in [0.25, 0.3) is 10.4 Å². The molecule has 0 spiro atoms. The molecule has 0 aromatic carbocycles. The number of hydrogen-bond donors (Lipinski definition) is 2. The summed E-state index contributed by atoms with van der Waals surface area (Å²) < 4.78 is 95.6. The topological polar surface area (TPSA) is 95.4 Å². The number of thiazole rings is 1. The minimum Gasteiger partial charge on any atom is -0.389 e. The van der Waals surface area contributed by atoms with Crippen LogP contribution >= 0.6 is 11.3 Å². The molecule has 7 nitrogen and oxygen atoms in total. The second-order valence-corrected chi connectivity index (χ2v) is 11.7. The summed E-state index contributed by atoms with van der Waals surface area (Å²) in [6.07, 6.45) is -11.6. The highest BCUT2D eigenvalue weighted by Crippen LogP contribution is 2.51. The molecule has 2 aromatic heterocycles. The lowest BCUT2D eigenvalue weighted by Crippen LogP contribution is -2.52. The molecule has 0 bridgehead atoms. The van der Waals surface area contributed by atoms with Crippen LogP contribution in [0.5, 0.6) is 0 Å². The van der Waals surface area contributed by atoms with Gasteiger partial charge in [0, 0.05) is 30.9 Å². The van der Waals surface area contributed by atoms with E-state index in [-0.39, 0.29) is 59.6 Å². The van der Waals surface area contributed by atoms with E-state index < -0.39 is 53.1 Å². The van der Waals surface area contributed by atoms with Crippen molar-refractivity contribution in [2.75, 3.05) is 13.1 Å². The van der Waals surface area contributed by atoms with E-state index in [4.69, 9.17) is 0 Å². The second-order valence-electron chi connectivity index (χ2n) is 10.7. The van der Waals surface area contributed by atoms with Crippen molar-refractivity contribution in [3.05, 3.63) is 34.2 Å². The Hall–Kier alpha value is -2.81. The molecule has 1 saturated heterocycles. The molecule has 1 unspecified atom stereocenters. The number of aryl methyl sites for hydroxylation is 1. The summed E-state index contributed by atoms with van der Waals surface area (Å²) in [5.74, 6) is -1.43. The molecule has 0 aliphatic carbocycles. The number of aliphatic hydroxyl groups is 1. The highest BCUT2D eigenvalue weighted by atomic mass is 32.1. The highest BCUT2D eigenvalue weighted by molar-refractivity contribution is 7.17. The van der Waals surface area contributed by atoms with Crippen molar-refractivity contribution in [3.63, 3.8) is 0 Å². The molecule has 222 valence electrons. The first-order chi connectivity index (χ1) is 18.2. The number of nitrogens with one attached hydrogen (secondary N) is 1. The average molecular weight is 599 g/mol. The Balaban J connectivity index is 2.13. The number of rotatable bonds is 6. The van der Waals surface area contributed by atoms with Gasteiger partial charge in [0.2, 0.25) is 0 Å². The third kappa shape index (κ3) is 6.24. The fraction of sp³-hybridized carbons (Fsp3) is 0.600. The largest absolute Gasteiger partial charge is 0.408 e.